The van der Waals surface area contributed by atoms with Crippen LogP contribution in [0.15, 0.2) is 30.3 Å². The lowest BCUT2D eigenvalue weighted by Gasteiger charge is -2.14. The molecule has 0 aliphatic carbocycles. The summed E-state index contributed by atoms with van der Waals surface area (Å²) in [6.45, 7) is 0.661. The van der Waals surface area contributed by atoms with Crippen LogP contribution >= 0.6 is 0 Å². The molecule has 0 amide bonds. The number of aliphatic hydroxyl groups excluding tert-OH is 2. The molecule has 4 atom stereocenters. The van der Waals surface area contributed by atoms with Crippen LogP contribution in [-0.2, 0) is 20.8 Å². The van der Waals surface area contributed by atoms with Crippen LogP contribution in [0.1, 0.15) is 5.56 Å². The Kier molecular flexibility index (Phi) is 4.68. The summed E-state index contributed by atoms with van der Waals surface area (Å²) in [7, 11) is 1.42. The molecule has 0 saturated carbocycles. The van der Waals surface area contributed by atoms with Gasteiger partial charge in [0.15, 0.2) is 6.29 Å². The summed E-state index contributed by atoms with van der Waals surface area (Å²) < 4.78 is 15.7. The molecule has 100 valence electrons. The quantitative estimate of drug-likeness (QED) is 0.791. The molecule has 0 aromatic heterocycles. The van der Waals surface area contributed by atoms with Crippen LogP contribution in [0.2, 0.25) is 0 Å². The molecule has 5 heteroatoms. The average molecular weight is 254 g/mol. The minimum atomic E-state index is -1.03. The van der Waals surface area contributed by atoms with E-state index >= 15 is 0 Å². The number of ether oxygens (including phenoxy) is 3. The number of hydrogen-bond donors (Lipinski definition) is 2. The van der Waals surface area contributed by atoms with E-state index in [0.29, 0.717) is 6.61 Å². The fourth-order valence-corrected chi connectivity index (χ4v) is 1.91. The van der Waals surface area contributed by atoms with Crippen molar-refractivity contribution in [2.24, 2.45) is 0 Å². The highest BCUT2D eigenvalue weighted by Crippen LogP contribution is 2.22. The van der Waals surface area contributed by atoms with E-state index in [1.807, 2.05) is 30.3 Å². The molecule has 0 radical (unpaired) electrons. The molecule has 2 N–H and O–H groups in total. The molecule has 1 saturated heterocycles. The van der Waals surface area contributed by atoms with E-state index < -0.39 is 24.6 Å². The molecule has 1 heterocycles. The van der Waals surface area contributed by atoms with Crippen LogP contribution in [0.3, 0.4) is 0 Å². The van der Waals surface area contributed by atoms with Gasteiger partial charge in [-0.15, -0.1) is 0 Å². The van der Waals surface area contributed by atoms with Gasteiger partial charge in [-0.05, 0) is 5.56 Å². The largest absolute Gasteiger partial charge is 0.387 e. The standard InChI is InChI=1S/C13H18O5/c1-16-13-12(15)11(14)10(18-13)8-17-7-9-5-3-2-4-6-9/h2-6,10-15H,7-8H2,1H3/t10-,11-,12-,13?/m1/s1. The van der Waals surface area contributed by atoms with E-state index in [1.165, 1.54) is 7.11 Å². The van der Waals surface area contributed by atoms with Crippen molar-refractivity contribution in [2.45, 2.75) is 31.2 Å². The number of hydrogen-bond acceptors (Lipinski definition) is 5. The van der Waals surface area contributed by atoms with E-state index in [0.717, 1.165) is 5.56 Å². The maximum Gasteiger partial charge on any atom is 0.186 e. The molecular weight excluding hydrogens is 236 g/mol. The normalized spacial score (nSPS) is 31.7. The Balaban J connectivity index is 1.77. The summed E-state index contributed by atoms with van der Waals surface area (Å²) in [5, 5.41) is 19.3. The van der Waals surface area contributed by atoms with Crippen molar-refractivity contribution in [1.82, 2.24) is 0 Å². The summed E-state index contributed by atoms with van der Waals surface area (Å²) in [4.78, 5) is 0. The molecule has 1 aliphatic heterocycles. The minimum absolute atomic E-state index is 0.215. The van der Waals surface area contributed by atoms with Gasteiger partial charge in [-0.2, -0.15) is 0 Å². The zero-order valence-corrected chi connectivity index (χ0v) is 10.2. The van der Waals surface area contributed by atoms with E-state index in [4.69, 9.17) is 14.2 Å². The van der Waals surface area contributed by atoms with Gasteiger partial charge in [0.2, 0.25) is 0 Å². The van der Waals surface area contributed by atoms with Crippen LogP contribution in [0, 0.1) is 0 Å². The summed E-state index contributed by atoms with van der Waals surface area (Å²) in [5.74, 6) is 0. The molecule has 18 heavy (non-hydrogen) atoms. The molecule has 0 bridgehead atoms. The monoisotopic (exact) mass is 254 g/mol. The summed E-state index contributed by atoms with van der Waals surface area (Å²) >= 11 is 0. The second-order valence-electron chi connectivity index (χ2n) is 4.26. The molecule has 1 aromatic rings. The van der Waals surface area contributed by atoms with Crippen LogP contribution in [-0.4, -0.2) is 48.5 Å². The van der Waals surface area contributed by atoms with Gasteiger partial charge < -0.3 is 24.4 Å². The summed E-state index contributed by atoms with van der Waals surface area (Å²) in [6.07, 6.45) is -3.36. The van der Waals surface area contributed by atoms with E-state index in [9.17, 15) is 10.2 Å². The fraction of sp³-hybridized carbons (Fsp3) is 0.538. The maximum absolute atomic E-state index is 9.72. The Bertz CT molecular complexity index is 356. The third-order valence-corrected chi connectivity index (χ3v) is 2.94. The zero-order chi connectivity index (χ0) is 13.0. The van der Waals surface area contributed by atoms with Crippen molar-refractivity contribution in [2.75, 3.05) is 13.7 Å². The Labute approximate surface area is 106 Å². The number of methoxy groups -OCH3 is 1. The highest BCUT2D eigenvalue weighted by atomic mass is 16.7. The van der Waals surface area contributed by atoms with Gasteiger partial charge in [0.25, 0.3) is 0 Å². The molecule has 0 spiro atoms. The van der Waals surface area contributed by atoms with Gasteiger partial charge in [0.05, 0.1) is 13.2 Å². The molecule has 1 unspecified atom stereocenters. The van der Waals surface area contributed by atoms with Crippen LogP contribution in [0.5, 0.6) is 0 Å². The topological polar surface area (TPSA) is 68.2 Å². The Hall–Kier alpha value is -0.980. The SMILES string of the molecule is COC1O[C@H](COCc2ccccc2)[C@@H](O)[C@H]1O. The molecule has 1 aromatic carbocycles. The first-order chi connectivity index (χ1) is 8.72. The van der Waals surface area contributed by atoms with Gasteiger partial charge in [-0.25, -0.2) is 0 Å². The van der Waals surface area contributed by atoms with E-state index in [-0.39, 0.29) is 6.61 Å². The van der Waals surface area contributed by atoms with Crippen LogP contribution in [0.25, 0.3) is 0 Å². The third kappa shape index (κ3) is 3.07. The minimum Gasteiger partial charge on any atom is -0.387 e. The van der Waals surface area contributed by atoms with Crippen molar-refractivity contribution in [1.29, 1.82) is 0 Å². The lowest BCUT2D eigenvalue weighted by Crippen LogP contribution is -2.34. The highest BCUT2D eigenvalue weighted by molar-refractivity contribution is 5.13. The molecule has 1 fully saturated rings. The summed E-state index contributed by atoms with van der Waals surface area (Å²) in [5.41, 5.74) is 1.05. The smallest absolute Gasteiger partial charge is 0.186 e. The van der Waals surface area contributed by atoms with Gasteiger partial charge in [-0.1, -0.05) is 30.3 Å². The number of aliphatic hydroxyl groups is 2. The zero-order valence-electron chi connectivity index (χ0n) is 10.2. The average Bonchev–Trinajstić information content (AvgIpc) is 2.68. The Morgan fingerprint density at radius 2 is 1.89 bits per heavy atom. The fourth-order valence-electron chi connectivity index (χ4n) is 1.91. The van der Waals surface area contributed by atoms with Crippen molar-refractivity contribution < 1.29 is 24.4 Å². The van der Waals surface area contributed by atoms with Gasteiger partial charge in [0.1, 0.15) is 18.3 Å². The van der Waals surface area contributed by atoms with E-state index in [2.05, 4.69) is 0 Å². The number of rotatable bonds is 5. The predicted octanol–water partition coefficient (Wildman–Crippen LogP) is 0.296. The second-order valence-corrected chi connectivity index (χ2v) is 4.26. The van der Waals surface area contributed by atoms with Crippen LogP contribution < -0.4 is 0 Å². The molecule has 5 nitrogen and oxygen atoms in total. The lowest BCUT2D eigenvalue weighted by atomic mass is 10.1. The Morgan fingerprint density at radius 3 is 2.50 bits per heavy atom. The van der Waals surface area contributed by atoms with Crippen LogP contribution in [0.4, 0.5) is 0 Å². The molecule has 2 rings (SSSR count). The first kappa shape index (κ1) is 13.5. The van der Waals surface area contributed by atoms with Crippen molar-refractivity contribution in [3.8, 4) is 0 Å². The maximum atomic E-state index is 9.72. The lowest BCUT2D eigenvalue weighted by molar-refractivity contribution is -0.156. The predicted molar refractivity (Wildman–Crippen MR) is 63.8 cm³/mol. The third-order valence-electron chi connectivity index (χ3n) is 2.94. The van der Waals surface area contributed by atoms with Gasteiger partial charge in [0, 0.05) is 7.11 Å². The Morgan fingerprint density at radius 1 is 1.17 bits per heavy atom. The highest BCUT2D eigenvalue weighted by Gasteiger charge is 2.42. The van der Waals surface area contributed by atoms with Crippen molar-refractivity contribution in [3.05, 3.63) is 35.9 Å². The molecule has 1 aliphatic rings. The second kappa shape index (κ2) is 6.26. The first-order valence-corrected chi connectivity index (χ1v) is 5.88. The van der Waals surface area contributed by atoms with Gasteiger partial charge >= 0.3 is 0 Å². The van der Waals surface area contributed by atoms with Crippen molar-refractivity contribution >= 4 is 0 Å². The van der Waals surface area contributed by atoms with Crippen molar-refractivity contribution in [3.63, 3.8) is 0 Å². The van der Waals surface area contributed by atoms with E-state index in [1.54, 1.807) is 0 Å². The number of benzene rings is 1. The van der Waals surface area contributed by atoms with Gasteiger partial charge in [-0.3, -0.25) is 0 Å². The molecular formula is C13H18O5. The summed E-state index contributed by atoms with van der Waals surface area (Å²) in [6, 6.07) is 9.72. The first-order valence-electron chi connectivity index (χ1n) is 5.88.